The number of nitrogens with two attached hydrogens (primary N) is 1. The highest BCUT2D eigenvalue weighted by molar-refractivity contribution is 6.33. The van der Waals surface area contributed by atoms with Crippen LogP contribution in [0.15, 0.2) is 22.9 Å². The van der Waals surface area contributed by atoms with Crippen LogP contribution in [0.1, 0.15) is 22.0 Å². The molecule has 0 aromatic carbocycles. The standard InChI is InChI=1S/C11H11ClN4O2/c1-6-3-15-10(18-6)5-16-11(17)7-2-9(13)14-4-8(7)12/h2-4H,5H2,1H3,(H2,13,14)(H,16,17). The maximum absolute atomic E-state index is 11.8. The van der Waals surface area contributed by atoms with Crippen LogP contribution in [0.5, 0.6) is 0 Å². The Kier molecular flexibility index (Phi) is 3.47. The van der Waals surface area contributed by atoms with Gasteiger partial charge in [0.05, 0.1) is 23.3 Å². The highest BCUT2D eigenvalue weighted by Crippen LogP contribution is 2.16. The van der Waals surface area contributed by atoms with Crippen LogP contribution in [0.25, 0.3) is 0 Å². The molecule has 18 heavy (non-hydrogen) atoms. The SMILES string of the molecule is Cc1cnc(CNC(=O)c2cc(N)ncc2Cl)o1. The summed E-state index contributed by atoms with van der Waals surface area (Å²) in [5, 5.41) is 2.87. The normalized spacial score (nSPS) is 10.3. The molecule has 2 aromatic rings. The Morgan fingerprint density at radius 2 is 2.28 bits per heavy atom. The molecule has 0 bridgehead atoms. The molecule has 1 amide bonds. The largest absolute Gasteiger partial charge is 0.444 e. The zero-order chi connectivity index (χ0) is 13.1. The van der Waals surface area contributed by atoms with Gasteiger partial charge in [-0.2, -0.15) is 0 Å². The number of pyridine rings is 1. The summed E-state index contributed by atoms with van der Waals surface area (Å²) in [5.41, 5.74) is 5.77. The van der Waals surface area contributed by atoms with Crippen molar-refractivity contribution in [2.75, 3.05) is 5.73 Å². The molecule has 6 nitrogen and oxygen atoms in total. The van der Waals surface area contributed by atoms with Crippen LogP contribution in [0.2, 0.25) is 5.02 Å². The molecule has 0 atom stereocenters. The lowest BCUT2D eigenvalue weighted by Crippen LogP contribution is -2.23. The van der Waals surface area contributed by atoms with Gasteiger partial charge in [0, 0.05) is 6.20 Å². The first-order valence-corrected chi connectivity index (χ1v) is 5.54. The van der Waals surface area contributed by atoms with Crippen LogP contribution >= 0.6 is 11.6 Å². The molecular weight excluding hydrogens is 256 g/mol. The van der Waals surface area contributed by atoms with E-state index in [0.717, 1.165) is 0 Å². The first-order valence-electron chi connectivity index (χ1n) is 5.17. The van der Waals surface area contributed by atoms with Crippen molar-refractivity contribution in [1.82, 2.24) is 15.3 Å². The van der Waals surface area contributed by atoms with Crippen LogP contribution < -0.4 is 11.1 Å². The highest BCUT2D eigenvalue weighted by Gasteiger charge is 2.12. The van der Waals surface area contributed by atoms with Gasteiger partial charge in [-0.3, -0.25) is 4.79 Å². The molecule has 0 saturated heterocycles. The molecule has 0 unspecified atom stereocenters. The number of nitrogens with zero attached hydrogens (tertiary/aromatic N) is 2. The van der Waals surface area contributed by atoms with Gasteiger partial charge in [-0.05, 0) is 13.0 Å². The van der Waals surface area contributed by atoms with Crippen molar-refractivity contribution in [2.24, 2.45) is 0 Å². The average Bonchev–Trinajstić information content (AvgIpc) is 2.75. The Hall–Kier alpha value is -2.08. The van der Waals surface area contributed by atoms with Crippen molar-refractivity contribution in [2.45, 2.75) is 13.5 Å². The fourth-order valence-electron chi connectivity index (χ4n) is 1.36. The van der Waals surface area contributed by atoms with Crippen molar-refractivity contribution in [3.63, 3.8) is 0 Å². The number of rotatable bonds is 3. The summed E-state index contributed by atoms with van der Waals surface area (Å²) in [5.74, 6) is 0.992. The van der Waals surface area contributed by atoms with Crippen molar-refractivity contribution in [3.05, 3.63) is 40.7 Å². The quantitative estimate of drug-likeness (QED) is 0.879. The number of amides is 1. The minimum Gasteiger partial charge on any atom is -0.444 e. The fourth-order valence-corrected chi connectivity index (χ4v) is 1.55. The van der Waals surface area contributed by atoms with Gasteiger partial charge >= 0.3 is 0 Å². The van der Waals surface area contributed by atoms with E-state index in [9.17, 15) is 4.79 Å². The number of anilines is 1. The molecule has 0 radical (unpaired) electrons. The predicted octanol–water partition coefficient (Wildman–Crippen LogP) is 1.54. The number of hydrogen-bond acceptors (Lipinski definition) is 5. The van der Waals surface area contributed by atoms with Crippen LogP contribution in [-0.4, -0.2) is 15.9 Å². The monoisotopic (exact) mass is 266 g/mol. The summed E-state index contributed by atoms with van der Waals surface area (Å²) in [6, 6.07) is 1.42. The predicted molar refractivity (Wildman–Crippen MR) is 66.1 cm³/mol. The Bertz CT molecular complexity index is 582. The summed E-state index contributed by atoms with van der Waals surface area (Å²) < 4.78 is 5.23. The Labute approximate surface area is 108 Å². The summed E-state index contributed by atoms with van der Waals surface area (Å²) >= 11 is 5.86. The first-order chi connectivity index (χ1) is 8.56. The summed E-state index contributed by atoms with van der Waals surface area (Å²) in [4.78, 5) is 19.6. The third-order valence-corrected chi connectivity index (χ3v) is 2.49. The lowest BCUT2D eigenvalue weighted by Gasteiger charge is -2.05. The second-order valence-electron chi connectivity index (χ2n) is 3.64. The van der Waals surface area contributed by atoms with E-state index in [1.165, 1.54) is 12.3 Å². The lowest BCUT2D eigenvalue weighted by molar-refractivity contribution is 0.0947. The van der Waals surface area contributed by atoms with E-state index in [-0.39, 0.29) is 28.9 Å². The number of hydrogen-bond donors (Lipinski definition) is 2. The van der Waals surface area contributed by atoms with Crippen molar-refractivity contribution < 1.29 is 9.21 Å². The Morgan fingerprint density at radius 1 is 1.50 bits per heavy atom. The number of halogens is 1. The first kappa shape index (κ1) is 12.4. The van der Waals surface area contributed by atoms with E-state index in [0.29, 0.717) is 11.7 Å². The lowest BCUT2D eigenvalue weighted by atomic mass is 10.2. The van der Waals surface area contributed by atoms with Gasteiger partial charge in [-0.1, -0.05) is 11.6 Å². The number of nitrogen functional groups attached to an aromatic ring is 1. The van der Waals surface area contributed by atoms with E-state index in [1.54, 1.807) is 13.1 Å². The molecule has 0 fully saturated rings. The minimum atomic E-state index is -0.357. The zero-order valence-electron chi connectivity index (χ0n) is 9.61. The number of aryl methyl sites for hydroxylation is 1. The molecule has 2 rings (SSSR count). The smallest absolute Gasteiger partial charge is 0.253 e. The van der Waals surface area contributed by atoms with E-state index in [4.69, 9.17) is 21.8 Å². The zero-order valence-corrected chi connectivity index (χ0v) is 10.4. The summed E-state index contributed by atoms with van der Waals surface area (Å²) in [7, 11) is 0. The molecule has 0 saturated carbocycles. The molecular formula is C11H11ClN4O2. The van der Waals surface area contributed by atoms with Crippen LogP contribution in [0.4, 0.5) is 5.82 Å². The van der Waals surface area contributed by atoms with Gasteiger partial charge in [-0.25, -0.2) is 9.97 Å². The van der Waals surface area contributed by atoms with E-state index < -0.39 is 0 Å². The Morgan fingerprint density at radius 3 is 2.94 bits per heavy atom. The maximum atomic E-state index is 11.8. The van der Waals surface area contributed by atoms with Gasteiger partial charge in [0.25, 0.3) is 5.91 Å². The number of nitrogens with one attached hydrogen (secondary N) is 1. The third-order valence-electron chi connectivity index (χ3n) is 2.19. The molecule has 0 spiro atoms. The second kappa shape index (κ2) is 5.05. The fraction of sp³-hybridized carbons (Fsp3) is 0.182. The maximum Gasteiger partial charge on any atom is 0.253 e. The molecule has 0 aliphatic carbocycles. The molecule has 2 aromatic heterocycles. The average molecular weight is 267 g/mol. The Balaban J connectivity index is 2.05. The van der Waals surface area contributed by atoms with Gasteiger partial charge in [0.15, 0.2) is 0 Å². The molecule has 0 aliphatic rings. The van der Waals surface area contributed by atoms with Gasteiger partial charge in [-0.15, -0.1) is 0 Å². The topological polar surface area (TPSA) is 94.0 Å². The van der Waals surface area contributed by atoms with Crippen molar-refractivity contribution in [3.8, 4) is 0 Å². The molecule has 94 valence electrons. The van der Waals surface area contributed by atoms with Crippen LogP contribution in [-0.2, 0) is 6.54 Å². The van der Waals surface area contributed by atoms with Gasteiger partial charge in [0.1, 0.15) is 11.6 Å². The van der Waals surface area contributed by atoms with Gasteiger partial charge in [0.2, 0.25) is 5.89 Å². The molecule has 2 heterocycles. The number of carbonyl (C=O) groups is 1. The van der Waals surface area contributed by atoms with Gasteiger partial charge < -0.3 is 15.5 Å². The molecule has 0 aliphatic heterocycles. The van der Waals surface area contributed by atoms with Crippen molar-refractivity contribution in [1.29, 1.82) is 0 Å². The highest BCUT2D eigenvalue weighted by atomic mass is 35.5. The van der Waals surface area contributed by atoms with Crippen LogP contribution in [0, 0.1) is 6.92 Å². The third kappa shape index (κ3) is 2.78. The number of carbonyl (C=O) groups excluding carboxylic acids is 1. The second-order valence-corrected chi connectivity index (χ2v) is 4.04. The minimum absolute atomic E-state index is 0.186. The molecule has 3 N–H and O–H groups in total. The number of oxazole rings is 1. The van der Waals surface area contributed by atoms with E-state index >= 15 is 0 Å². The number of aromatic nitrogens is 2. The summed E-state index contributed by atoms with van der Waals surface area (Å²) in [6.07, 6.45) is 2.92. The van der Waals surface area contributed by atoms with Crippen molar-refractivity contribution >= 4 is 23.3 Å². The molecule has 7 heteroatoms. The van der Waals surface area contributed by atoms with E-state index in [2.05, 4.69) is 15.3 Å². The van der Waals surface area contributed by atoms with Crippen LogP contribution in [0.3, 0.4) is 0 Å². The van der Waals surface area contributed by atoms with E-state index in [1.807, 2.05) is 0 Å². The summed E-state index contributed by atoms with van der Waals surface area (Å²) in [6.45, 7) is 1.96.